The third-order valence-electron chi connectivity index (χ3n) is 5.54. The molecule has 140 valence electrons. The summed E-state index contributed by atoms with van der Waals surface area (Å²) in [5.74, 6) is 1.23. The van der Waals surface area contributed by atoms with Crippen LogP contribution in [0.25, 0.3) is 11.3 Å². The lowest BCUT2D eigenvalue weighted by Gasteiger charge is -2.35. The second kappa shape index (κ2) is 7.53. The van der Waals surface area contributed by atoms with Gasteiger partial charge in [0.15, 0.2) is 5.76 Å². The van der Waals surface area contributed by atoms with Crippen molar-refractivity contribution in [3.63, 3.8) is 0 Å². The summed E-state index contributed by atoms with van der Waals surface area (Å²) in [5.41, 5.74) is 2.02. The van der Waals surface area contributed by atoms with Crippen molar-refractivity contribution >= 4 is 0 Å². The Morgan fingerprint density at radius 1 is 1.15 bits per heavy atom. The predicted molar refractivity (Wildman–Crippen MR) is 103 cm³/mol. The molecule has 2 N–H and O–H groups in total. The number of aromatic nitrogens is 2. The zero-order valence-corrected chi connectivity index (χ0v) is 15.2. The number of aromatic amines is 1. The third-order valence-corrected chi connectivity index (χ3v) is 5.54. The van der Waals surface area contributed by atoms with E-state index in [1.807, 2.05) is 12.1 Å². The molecule has 1 aliphatic rings. The summed E-state index contributed by atoms with van der Waals surface area (Å²) < 4.78 is 5.39. The molecule has 0 unspecified atom stereocenters. The average Bonchev–Trinajstić information content (AvgIpc) is 3.13. The van der Waals surface area contributed by atoms with Crippen molar-refractivity contribution in [2.75, 3.05) is 0 Å². The number of nitrogens with zero attached hydrogens (tertiary/aromatic N) is 1. The number of hydrogen-bond acceptors (Lipinski definition) is 4. The molecule has 2 heterocycles. The van der Waals surface area contributed by atoms with Gasteiger partial charge in [0.05, 0.1) is 11.3 Å². The number of pyridine rings is 1. The van der Waals surface area contributed by atoms with E-state index < -0.39 is 5.60 Å². The van der Waals surface area contributed by atoms with Gasteiger partial charge in [0.1, 0.15) is 0 Å². The van der Waals surface area contributed by atoms with Crippen LogP contribution >= 0.6 is 0 Å². The molecule has 0 aliphatic heterocycles. The molecule has 1 aromatic carbocycles. The van der Waals surface area contributed by atoms with Gasteiger partial charge in [-0.1, -0.05) is 35.5 Å². The van der Waals surface area contributed by atoms with Crippen LogP contribution in [-0.2, 0) is 12.8 Å². The quantitative estimate of drug-likeness (QED) is 0.723. The topological polar surface area (TPSA) is 79.1 Å². The van der Waals surface area contributed by atoms with Gasteiger partial charge in [0.2, 0.25) is 5.56 Å². The van der Waals surface area contributed by atoms with E-state index in [0.29, 0.717) is 18.1 Å². The van der Waals surface area contributed by atoms with E-state index in [2.05, 4.69) is 34.4 Å². The zero-order valence-electron chi connectivity index (χ0n) is 15.2. The normalized spacial score (nSPS) is 22.6. The van der Waals surface area contributed by atoms with Gasteiger partial charge in [0.25, 0.3) is 0 Å². The van der Waals surface area contributed by atoms with Crippen LogP contribution in [0.5, 0.6) is 0 Å². The van der Waals surface area contributed by atoms with Crippen LogP contribution in [-0.4, -0.2) is 20.8 Å². The van der Waals surface area contributed by atoms with Crippen LogP contribution in [0.1, 0.15) is 36.9 Å². The maximum Gasteiger partial charge on any atom is 0.247 e. The van der Waals surface area contributed by atoms with Gasteiger partial charge >= 0.3 is 0 Å². The predicted octanol–water partition coefficient (Wildman–Crippen LogP) is 3.74. The van der Waals surface area contributed by atoms with Crippen molar-refractivity contribution in [3.05, 3.63) is 76.3 Å². The van der Waals surface area contributed by atoms with Crippen LogP contribution < -0.4 is 5.56 Å². The summed E-state index contributed by atoms with van der Waals surface area (Å²) in [5, 5.41) is 15.1. The monoisotopic (exact) mass is 364 g/mol. The first kappa shape index (κ1) is 17.7. The minimum absolute atomic E-state index is 0.153. The molecule has 0 bridgehead atoms. The Kier molecular flexibility index (Phi) is 4.94. The largest absolute Gasteiger partial charge is 0.389 e. The lowest BCUT2D eigenvalue weighted by Crippen LogP contribution is -2.36. The van der Waals surface area contributed by atoms with Crippen molar-refractivity contribution in [2.45, 2.75) is 44.1 Å². The van der Waals surface area contributed by atoms with Crippen molar-refractivity contribution in [1.82, 2.24) is 10.1 Å². The molecule has 3 aromatic rings. The minimum Gasteiger partial charge on any atom is -0.389 e. The Morgan fingerprint density at radius 3 is 2.63 bits per heavy atom. The molecule has 1 fully saturated rings. The molecular weight excluding hydrogens is 340 g/mol. The van der Waals surface area contributed by atoms with Crippen molar-refractivity contribution in [2.24, 2.45) is 5.92 Å². The van der Waals surface area contributed by atoms with Crippen molar-refractivity contribution in [1.29, 1.82) is 0 Å². The Hall–Kier alpha value is -2.66. The number of aliphatic hydroxyl groups is 1. The molecule has 0 spiro atoms. The third kappa shape index (κ3) is 4.37. The van der Waals surface area contributed by atoms with Gasteiger partial charge < -0.3 is 14.6 Å². The standard InChI is InChI=1S/C22H24N2O3/c25-21-7-6-18(15-23-21)20-13-19(24-27-20)14-22(26)10-8-17(9-11-22)12-16-4-2-1-3-5-16/h1-7,13,15,17,26H,8-12,14H2,(H,23,25). The van der Waals surface area contributed by atoms with E-state index in [1.165, 1.54) is 11.6 Å². The van der Waals surface area contributed by atoms with Crippen LogP contribution in [0, 0.1) is 5.92 Å². The molecule has 27 heavy (non-hydrogen) atoms. The zero-order chi connectivity index (χ0) is 18.7. The van der Waals surface area contributed by atoms with Gasteiger partial charge in [-0.2, -0.15) is 0 Å². The van der Waals surface area contributed by atoms with Gasteiger partial charge in [-0.15, -0.1) is 0 Å². The van der Waals surface area contributed by atoms with Crippen molar-refractivity contribution in [3.8, 4) is 11.3 Å². The van der Waals surface area contributed by atoms with Gasteiger partial charge in [0, 0.05) is 30.3 Å². The highest BCUT2D eigenvalue weighted by molar-refractivity contribution is 5.55. The summed E-state index contributed by atoms with van der Waals surface area (Å²) in [4.78, 5) is 13.8. The number of rotatable bonds is 5. The molecule has 4 rings (SSSR count). The fourth-order valence-electron chi connectivity index (χ4n) is 3.98. The fourth-order valence-corrected chi connectivity index (χ4v) is 3.98. The van der Waals surface area contributed by atoms with Crippen LogP contribution in [0.15, 0.2) is 64.0 Å². The van der Waals surface area contributed by atoms with Gasteiger partial charge in [-0.05, 0) is 49.7 Å². The molecule has 1 aliphatic carbocycles. The first-order valence-electron chi connectivity index (χ1n) is 9.51. The molecule has 2 aromatic heterocycles. The van der Waals surface area contributed by atoms with E-state index in [1.54, 1.807) is 12.3 Å². The molecular formula is C22H24N2O3. The van der Waals surface area contributed by atoms with E-state index in [0.717, 1.165) is 43.4 Å². The van der Waals surface area contributed by atoms with Gasteiger partial charge in [-0.25, -0.2) is 0 Å². The number of nitrogens with one attached hydrogen (secondary N) is 1. The number of hydrogen-bond donors (Lipinski definition) is 2. The second-order valence-electron chi connectivity index (χ2n) is 7.66. The number of benzene rings is 1. The van der Waals surface area contributed by atoms with E-state index in [-0.39, 0.29) is 5.56 Å². The SMILES string of the molecule is O=c1ccc(-c2cc(CC3(O)CCC(Cc4ccccc4)CC3)no2)c[nH]1. The Labute approximate surface area is 158 Å². The Morgan fingerprint density at radius 2 is 1.93 bits per heavy atom. The highest BCUT2D eigenvalue weighted by Crippen LogP contribution is 2.36. The molecule has 0 saturated heterocycles. The summed E-state index contributed by atoms with van der Waals surface area (Å²) >= 11 is 0. The molecule has 1 saturated carbocycles. The summed E-state index contributed by atoms with van der Waals surface area (Å²) in [6.45, 7) is 0. The van der Waals surface area contributed by atoms with E-state index in [9.17, 15) is 9.90 Å². The molecule has 0 amide bonds. The van der Waals surface area contributed by atoms with E-state index >= 15 is 0 Å². The maximum atomic E-state index is 11.2. The summed E-state index contributed by atoms with van der Waals surface area (Å²) in [7, 11) is 0. The highest BCUT2D eigenvalue weighted by atomic mass is 16.5. The molecule has 0 atom stereocenters. The molecule has 5 nitrogen and oxygen atoms in total. The minimum atomic E-state index is -0.716. The van der Waals surface area contributed by atoms with Crippen LogP contribution in [0.3, 0.4) is 0 Å². The Balaban J connectivity index is 1.36. The number of H-pyrrole nitrogens is 1. The molecule has 5 heteroatoms. The fraction of sp³-hybridized carbons (Fsp3) is 0.364. The van der Waals surface area contributed by atoms with Crippen LogP contribution in [0.4, 0.5) is 0 Å². The lowest BCUT2D eigenvalue weighted by atomic mass is 9.75. The van der Waals surface area contributed by atoms with Crippen molar-refractivity contribution < 1.29 is 9.63 Å². The van der Waals surface area contributed by atoms with E-state index in [4.69, 9.17) is 4.52 Å². The van der Waals surface area contributed by atoms with Crippen LogP contribution in [0.2, 0.25) is 0 Å². The average molecular weight is 364 g/mol. The summed E-state index contributed by atoms with van der Waals surface area (Å²) in [6, 6.07) is 15.6. The highest BCUT2D eigenvalue weighted by Gasteiger charge is 2.34. The maximum absolute atomic E-state index is 11.2. The van der Waals surface area contributed by atoms with Gasteiger partial charge in [-0.3, -0.25) is 4.79 Å². The first-order chi connectivity index (χ1) is 13.1. The first-order valence-corrected chi connectivity index (χ1v) is 9.51. The molecule has 0 radical (unpaired) electrons. The summed E-state index contributed by atoms with van der Waals surface area (Å²) in [6.07, 6.45) is 6.80. The second-order valence-corrected chi connectivity index (χ2v) is 7.66. The lowest BCUT2D eigenvalue weighted by molar-refractivity contribution is -0.0100. The Bertz CT molecular complexity index is 917. The smallest absolute Gasteiger partial charge is 0.247 e.